The summed E-state index contributed by atoms with van der Waals surface area (Å²) >= 11 is 0. The third-order valence-electron chi connectivity index (χ3n) is 3.50. The molecule has 0 bridgehead atoms. The first-order valence-electron chi connectivity index (χ1n) is 6.13. The maximum absolute atomic E-state index is 5.27. The molecule has 1 saturated carbocycles. The van der Waals surface area contributed by atoms with Crippen molar-refractivity contribution < 1.29 is 4.74 Å². The Kier molecular flexibility index (Phi) is 2.56. The van der Waals surface area contributed by atoms with Crippen LogP contribution < -0.4 is 10.1 Å². The van der Waals surface area contributed by atoms with E-state index in [9.17, 15) is 0 Å². The number of fused-ring (bicyclic) bond motifs is 1. The van der Waals surface area contributed by atoms with Crippen LogP contribution in [0.25, 0.3) is 10.9 Å². The van der Waals surface area contributed by atoms with Gasteiger partial charge in [0.1, 0.15) is 5.75 Å². The quantitative estimate of drug-likeness (QED) is 0.873. The van der Waals surface area contributed by atoms with Crippen LogP contribution in [0.3, 0.4) is 0 Å². The molecular weight excluding hydrogens is 212 g/mol. The minimum atomic E-state index is 0.752. The lowest BCUT2D eigenvalue weighted by atomic mass is 10.2. The van der Waals surface area contributed by atoms with Crippen LogP contribution in [-0.2, 0) is 13.6 Å². The van der Waals surface area contributed by atoms with Crippen molar-refractivity contribution >= 4 is 10.9 Å². The zero-order valence-electron chi connectivity index (χ0n) is 10.4. The molecular formula is C14H18N2O. The van der Waals surface area contributed by atoms with E-state index in [4.69, 9.17) is 4.74 Å². The molecule has 2 aromatic rings. The van der Waals surface area contributed by atoms with Gasteiger partial charge >= 0.3 is 0 Å². The van der Waals surface area contributed by atoms with Gasteiger partial charge in [-0.1, -0.05) is 0 Å². The van der Waals surface area contributed by atoms with Crippen LogP contribution >= 0.6 is 0 Å². The molecule has 0 radical (unpaired) electrons. The first kappa shape index (κ1) is 10.7. The number of hydrogen-bond donors (Lipinski definition) is 1. The first-order valence-corrected chi connectivity index (χ1v) is 6.13. The average molecular weight is 230 g/mol. The standard InChI is InChI=1S/C14H18N2O/c1-16-12(9-15-11-4-5-11)7-10-3-6-13(17-2)8-14(10)16/h3,6-8,11,15H,4-5,9H2,1-2H3. The van der Waals surface area contributed by atoms with E-state index in [1.807, 2.05) is 6.07 Å². The number of hydrogen-bond acceptors (Lipinski definition) is 2. The fourth-order valence-electron chi connectivity index (χ4n) is 2.20. The van der Waals surface area contributed by atoms with E-state index in [-0.39, 0.29) is 0 Å². The monoisotopic (exact) mass is 230 g/mol. The zero-order valence-corrected chi connectivity index (χ0v) is 10.4. The van der Waals surface area contributed by atoms with Gasteiger partial charge < -0.3 is 14.6 Å². The second kappa shape index (κ2) is 4.08. The summed E-state index contributed by atoms with van der Waals surface area (Å²) in [4.78, 5) is 0. The second-order valence-corrected chi connectivity index (χ2v) is 4.77. The van der Waals surface area contributed by atoms with Gasteiger partial charge in [-0.2, -0.15) is 0 Å². The maximum atomic E-state index is 5.27. The van der Waals surface area contributed by atoms with Crippen molar-refractivity contribution in [3.05, 3.63) is 30.0 Å². The molecule has 0 aliphatic heterocycles. The Labute approximate surface area is 101 Å². The van der Waals surface area contributed by atoms with Gasteiger partial charge in [-0.25, -0.2) is 0 Å². The van der Waals surface area contributed by atoms with Crippen LogP contribution in [-0.4, -0.2) is 17.7 Å². The second-order valence-electron chi connectivity index (χ2n) is 4.77. The molecule has 0 spiro atoms. The molecule has 1 aromatic heterocycles. The molecule has 1 aliphatic carbocycles. The molecule has 1 aromatic carbocycles. The van der Waals surface area contributed by atoms with Gasteiger partial charge in [-0.15, -0.1) is 0 Å². The van der Waals surface area contributed by atoms with Crippen molar-refractivity contribution in [3.63, 3.8) is 0 Å². The molecule has 3 nitrogen and oxygen atoms in total. The predicted molar refractivity (Wildman–Crippen MR) is 69.3 cm³/mol. The summed E-state index contributed by atoms with van der Waals surface area (Å²) in [6.07, 6.45) is 2.66. The molecule has 17 heavy (non-hydrogen) atoms. The third-order valence-corrected chi connectivity index (χ3v) is 3.50. The van der Waals surface area contributed by atoms with Gasteiger partial charge in [0.2, 0.25) is 0 Å². The molecule has 90 valence electrons. The number of aryl methyl sites for hydroxylation is 1. The van der Waals surface area contributed by atoms with Crippen LogP contribution in [0.2, 0.25) is 0 Å². The van der Waals surface area contributed by atoms with Crippen LogP contribution in [0.5, 0.6) is 5.75 Å². The van der Waals surface area contributed by atoms with Gasteiger partial charge in [0.05, 0.1) is 12.6 Å². The van der Waals surface area contributed by atoms with E-state index < -0.39 is 0 Å². The van der Waals surface area contributed by atoms with Gasteiger partial charge in [0, 0.05) is 36.8 Å². The normalized spacial score (nSPS) is 15.4. The molecule has 1 fully saturated rings. The van der Waals surface area contributed by atoms with Crippen LogP contribution in [0.15, 0.2) is 24.3 Å². The van der Waals surface area contributed by atoms with Crippen LogP contribution in [0.1, 0.15) is 18.5 Å². The van der Waals surface area contributed by atoms with E-state index >= 15 is 0 Å². The molecule has 0 unspecified atom stereocenters. The van der Waals surface area contributed by atoms with Gasteiger partial charge in [-0.3, -0.25) is 0 Å². The summed E-state index contributed by atoms with van der Waals surface area (Å²) in [5, 5.41) is 4.83. The fraction of sp³-hybridized carbons (Fsp3) is 0.429. The Morgan fingerprint density at radius 3 is 2.88 bits per heavy atom. The summed E-state index contributed by atoms with van der Waals surface area (Å²) in [6, 6.07) is 9.23. The lowest BCUT2D eigenvalue weighted by molar-refractivity contribution is 0.415. The van der Waals surface area contributed by atoms with Crippen molar-refractivity contribution in [1.29, 1.82) is 0 Å². The minimum Gasteiger partial charge on any atom is -0.497 e. The van der Waals surface area contributed by atoms with Crippen molar-refractivity contribution in [3.8, 4) is 5.75 Å². The Morgan fingerprint density at radius 1 is 1.35 bits per heavy atom. The summed E-state index contributed by atoms with van der Waals surface area (Å²) < 4.78 is 7.51. The molecule has 0 atom stereocenters. The Hall–Kier alpha value is -1.48. The molecule has 1 heterocycles. The summed E-state index contributed by atoms with van der Waals surface area (Å²) in [7, 11) is 3.82. The smallest absolute Gasteiger partial charge is 0.120 e. The fourth-order valence-corrected chi connectivity index (χ4v) is 2.20. The first-order chi connectivity index (χ1) is 8.28. The van der Waals surface area contributed by atoms with E-state index in [1.54, 1.807) is 7.11 Å². The molecule has 3 rings (SSSR count). The number of rotatable bonds is 4. The third kappa shape index (κ3) is 2.03. The predicted octanol–water partition coefficient (Wildman–Crippen LogP) is 2.44. The van der Waals surface area contributed by atoms with Gasteiger partial charge in [-0.05, 0) is 31.0 Å². The van der Waals surface area contributed by atoms with Crippen LogP contribution in [0, 0.1) is 0 Å². The van der Waals surface area contributed by atoms with Gasteiger partial charge in [0.15, 0.2) is 0 Å². The van der Waals surface area contributed by atoms with E-state index in [1.165, 1.54) is 29.4 Å². The Morgan fingerprint density at radius 2 is 2.18 bits per heavy atom. The minimum absolute atomic E-state index is 0.752. The number of nitrogens with one attached hydrogen (secondary N) is 1. The summed E-state index contributed by atoms with van der Waals surface area (Å²) in [5.41, 5.74) is 2.57. The van der Waals surface area contributed by atoms with E-state index in [0.717, 1.165) is 18.3 Å². The number of methoxy groups -OCH3 is 1. The van der Waals surface area contributed by atoms with Crippen LogP contribution in [0.4, 0.5) is 0 Å². The van der Waals surface area contributed by atoms with E-state index in [2.05, 4.69) is 35.1 Å². The van der Waals surface area contributed by atoms with E-state index in [0.29, 0.717) is 0 Å². The highest BCUT2D eigenvalue weighted by atomic mass is 16.5. The highest BCUT2D eigenvalue weighted by molar-refractivity contribution is 5.82. The van der Waals surface area contributed by atoms with Crippen molar-refractivity contribution in [2.24, 2.45) is 7.05 Å². The average Bonchev–Trinajstić information content (AvgIpc) is 3.13. The highest BCUT2D eigenvalue weighted by Crippen LogP contribution is 2.25. The Bertz CT molecular complexity index is 540. The van der Waals surface area contributed by atoms with Crippen molar-refractivity contribution in [2.45, 2.75) is 25.4 Å². The van der Waals surface area contributed by atoms with Crippen molar-refractivity contribution in [1.82, 2.24) is 9.88 Å². The lowest BCUT2D eigenvalue weighted by Gasteiger charge is -2.05. The molecule has 1 aliphatic rings. The number of aromatic nitrogens is 1. The van der Waals surface area contributed by atoms with Gasteiger partial charge in [0.25, 0.3) is 0 Å². The highest BCUT2D eigenvalue weighted by Gasteiger charge is 2.20. The molecule has 0 saturated heterocycles. The largest absolute Gasteiger partial charge is 0.497 e. The zero-order chi connectivity index (χ0) is 11.8. The van der Waals surface area contributed by atoms with Crippen molar-refractivity contribution in [2.75, 3.05) is 7.11 Å². The summed E-state index contributed by atoms with van der Waals surface area (Å²) in [5.74, 6) is 0.917. The number of ether oxygens (including phenoxy) is 1. The Balaban J connectivity index is 1.92. The molecule has 3 heteroatoms. The number of benzene rings is 1. The lowest BCUT2D eigenvalue weighted by Crippen LogP contribution is -2.17. The SMILES string of the molecule is COc1ccc2cc(CNC3CC3)n(C)c2c1. The molecule has 1 N–H and O–H groups in total. The maximum Gasteiger partial charge on any atom is 0.120 e. The number of nitrogens with zero attached hydrogens (tertiary/aromatic N) is 1. The molecule has 0 amide bonds. The topological polar surface area (TPSA) is 26.2 Å². The summed E-state index contributed by atoms with van der Waals surface area (Å²) in [6.45, 7) is 0.957.